The van der Waals surface area contributed by atoms with Gasteiger partial charge in [0.2, 0.25) is 5.91 Å². The first-order valence-corrected chi connectivity index (χ1v) is 7.99. The third-order valence-corrected chi connectivity index (χ3v) is 4.39. The lowest BCUT2D eigenvalue weighted by atomic mass is 10.1. The summed E-state index contributed by atoms with van der Waals surface area (Å²) in [6, 6.07) is 8.07. The van der Waals surface area contributed by atoms with Crippen LogP contribution in [0.3, 0.4) is 0 Å². The number of nitrogens with zero attached hydrogens (tertiary/aromatic N) is 5. The zero-order valence-corrected chi connectivity index (χ0v) is 12.9. The fraction of sp³-hybridized carbons (Fsp3) is 0.353. The van der Waals surface area contributed by atoms with E-state index in [2.05, 4.69) is 10.1 Å². The summed E-state index contributed by atoms with van der Waals surface area (Å²) in [4.78, 5) is 19.1. The molecule has 4 heterocycles. The average Bonchev–Trinajstić information content (AvgIpc) is 3.24. The maximum atomic E-state index is 12.6. The number of likely N-dealkylation sites (tertiary alicyclic amines) is 1. The van der Waals surface area contributed by atoms with Crippen molar-refractivity contribution in [2.24, 2.45) is 0 Å². The van der Waals surface area contributed by atoms with Gasteiger partial charge in [-0.15, -0.1) is 0 Å². The maximum absolute atomic E-state index is 12.6. The highest BCUT2D eigenvalue weighted by Crippen LogP contribution is 2.21. The lowest BCUT2D eigenvalue weighted by molar-refractivity contribution is -0.132. The minimum atomic E-state index is 0.144. The Labute approximate surface area is 134 Å². The first-order valence-electron chi connectivity index (χ1n) is 7.99. The zero-order chi connectivity index (χ0) is 15.6. The molecule has 118 valence electrons. The van der Waals surface area contributed by atoms with Gasteiger partial charge < -0.3 is 9.30 Å². The largest absolute Gasteiger partial charge is 0.340 e. The fourth-order valence-corrected chi connectivity index (χ4v) is 3.23. The Balaban J connectivity index is 1.45. The molecule has 1 amide bonds. The Hall–Kier alpha value is -2.63. The second-order valence-corrected chi connectivity index (χ2v) is 6.00. The Morgan fingerprint density at radius 1 is 1.26 bits per heavy atom. The van der Waals surface area contributed by atoms with E-state index in [1.807, 2.05) is 56.8 Å². The molecule has 0 bridgehead atoms. The number of aromatic nitrogens is 4. The number of hydrogen-bond donors (Lipinski definition) is 0. The highest BCUT2D eigenvalue weighted by atomic mass is 16.2. The first-order chi connectivity index (χ1) is 11.3. The first kappa shape index (κ1) is 14.0. The van der Waals surface area contributed by atoms with E-state index in [1.165, 1.54) is 0 Å². The van der Waals surface area contributed by atoms with E-state index in [0.29, 0.717) is 6.42 Å². The van der Waals surface area contributed by atoms with Gasteiger partial charge in [0.1, 0.15) is 5.65 Å². The van der Waals surface area contributed by atoms with E-state index >= 15 is 0 Å². The molecule has 0 aliphatic carbocycles. The molecule has 0 unspecified atom stereocenters. The summed E-state index contributed by atoms with van der Waals surface area (Å²) in [6.07, 6.45) is 10.1. The van der Waals surface area contributed by atoms with Gasteiger partial charge in [0.05, 0.1) is 18.2 Å². The van der Waals surface area contributed by atoms with Crippen LogP contribution in [0.4, 0.5) is 0 Å². The summed E-state index contributed by atoms with van der Waals surface area (Å²) in [7, 11) is 0. The molecule has 0 saturated carbocycles. The molecule has 6 heteroatoms. The van der Waals surface area contributed by atoms with Crippen LogP contribution < -0.4 is 0 Å². The highest BCUT2D eigenvalue weighted by molar-refractivity contribution is 5.78. The van der Waals surface area contributed by atoms with Crippen LogP contribution in [0.1, 0.15) is 24.6 Å². The lowest BCUT2D eigenvalue weighted by Crippen LogP contribution is -2.41. The number of pyridine rings is 1. The number of fused-ring (bicyclic) bond motifs is 1. The molecule has 6 nitrogen and oxygen atoms in total. The maximum Gasteiger partial charge on any atom is 0.228 e. The van der Waals surface area contributed by atoms with E-state index in [9.17, 15) is 4.79 Å². The molecule has 4 rings (SSSR count). The van der Waals surface area contributed by atoms with E-state index in [4.69, 9.17) is 0 Å². The van der Waals surface area contributed by atoms with Gasteiger partial charge in [-0.3, -0.25) is 9.48 Å². The minimum absolute atomic E-state index is 0.144. The molecule has 0 N–H and O–H groups in total. The van der Waals surface area contributed by atoms with Gasteiger partial charge in [-0.05, 0) is 31.0 Å². The van der Waals surface area contributed by atoms with Crippen LogP contribution >= 0.6 is 0 Å². The van der Waals surface area contributed by atoms with Crippen LogP contribution in [-0.4, -0.2) is 43.1 Å². The van der Waals surface area contributed by atoms with Crippen molar-refractivity contribution in [1.82, 2.24) is 24.1 Å². The van der Waals surface area contributed by atoms with Crippen molar-refractivity contribution in [2.45, 2.75) is 25.3 Å². The molecular weight excluding hydrogens is 290 g/mol. The van der Waals surface area contributed by atoms with Crippen molar-refractivity contribution in [3.05, 3.63) is 54.7 Å². The predicted molar refractivity (Wildman–Crippen MR) is 86.0 cm³/mol. The Kier molecular flexibility index (Phi) is 3.57. The van der Waals surface area contributed by atoms with E-state index in [1.54, 1.807) is 6.20 Å². The van der Waals surface area contributed by atoms with Crippen LogP contribution in [0, 0.1) is 0 Å². The molecular formula is C17H19N5O. The number of amides is 1. The summed E-state index contributed by atoms with van der Waals surface area (Å²) < 4.78 is 3.91. The third-order valence-electron chi connectivity index (χ3n) is 4.39. The van der Waals surface area contributed by atoms with Gasteiger partial charge in [-0.25, -0.2) is 4.98 Å². The standard InChI is InChI=1S/C17H19N5O/c23-17(11-14-12-20-8-2-1-6-16(20)19-14)21-9-3-5-15(13-21)22-10-4-7-18-22/h1-2,4,6-8,10,12,15H,3,5,9,11,13H2/t15-/m1/s1. The summed E-state index contributed by atoms with van der Waals surface area (Å²) in [6.45, 7) is 1.55. The quantitative estimate of drug-likeness (QED) is 0.743. The molecule has 3 aromatic rings. The molecule has 1 atom stereocenters. The van der Waals surface area contributed by atoms with Gasteiger partial charge in [0.25, 0.3) is 0 Å². The van der Waals surface area contributed by atoms with Crippen molar-refractivity contribution < 1.29 is 4.79 Å². The molecule has 0 radical (unpaired) electrons. The second-order valence-electron chi connectivity index (χ2n) is 6.00. The van der Waals surface area contributed by atoms with Gasteiger partial charge in [-0.1, -0.05) is 6.07 Å². The SMILES string of the molecule is O=C(Cc1cn2ccccc2n1)N1CCC[C@@H](n2cccn2)C1. The van der Waals surface area contributed by atoms with Crippen molar-refractivity contribution >= 4 is 11.6 Å². The normalized spacial score (nSPS) is 18.4. The highest BCUT2D eigenvalue weighted by Gasteiger charge is 2.25. The number of rotatable bonds is 3. The number of carbonyl (C=O) groups excluding carboxylic acids is 1. The van der Waals surface area contributed by atoms with Crippen LogP contribution in [0.25, 0.3) is 5.65 Å². The number of piperidine rings is 1. The van der Waals surface area contributed by atoms with E-state index in [-0.39, 0.29) is 11.9 Å². The van der Waals surface area contributed by atoms with Crippen molar-refractivity contribution in [3.63, 3.8) is 0 Å². The zero-order valence-electron chi connectivity index (χ0n) is 12.9. The average molecular weight is 309 g/mol. The predicted octanol–water partition coefficient (Wildman–Crippen LogP) is 1.94. The molecule has 1 aliphatic rings. The Bertz CT molecular complexity index is 774. The number of imidazole rings is 1. The smallest absolute Gasteiger partial charge is 0.228 e. The summed E-state index contributed by atoms with van der Waals surface area (Å²) in [5, 5.41) is 4.31. The van der Waals surface area contributed by atoms with Gasteiger partial charge in [0, 0.05) is 37.9 Å². The molecule has 0 spiro atoms. The topological polar surface area (TPSA) is 55.4 Å². The summed E-state index contributed by atoms with van der Waals surface area (Å²) >= 11 is 0. The van der Waals surface area contributed by atoms with Gasteiger partial charge >= 0.3 is 0 Å². The summed E-state index contributed by atoms with van der Waals surface area (Å²) in [5.41, 5.74) is 1.70. The molecule has 3 aromatic heterocycles. The molecule has 1 fully saturated rings. The minimum Gasteiger partial charge on any atom is -0.340 e. The molecule has 0 aromatic carbocycles. The number of hydrogen-bond acceptors (Lipinski definition) is 3. The molecule has 1 aliphatic heterocycles. The van der Waals surface area contributed by atoms with E-state index < -0.39 is 0 Å². The second kappa shape index (κ2) is 5.87. The van der Waals surface area contributed by atoms with Gasteiger partial charge in [-0.2, -0.15) is 5.10 Å². The Morgan fingerprint density at radius 3 is 3.04 bits per heavy atom. The van der Waals surface area contributed by atoms with Crippen molar-refractivity contribution in [3.8, 4) is 0 Å². The number of carbonyl (C=O) groups is 1. The van der Waals surface area contributed by atoms with Crippen LogP contribution in [-0.2, 0) is 11.2 Å². The van der Waals surface area contributed by atoms with E-state index in [0.717, 1.165) is 37.3 Å². The van der Waals surface area contributed by atoms with Gasteiger partial charge in [0.15, 0.2) is 0 Å². The van der Waals surface area contributed by atoms with Crippen LogP contribution in [0.5, 0.6) is 0 Å². The Morgan fingerprint density at radius 2 is 2.22 bits per heavy atom. The van der Waals surface area contributed by atoms with Crippen LogP contribution in [0.15, 0.2) is 49.1 Å². The summed E-state index contributed by atoms with van der Waals surface area (Å²) in [5.74, 6) is 0.144. The fourth-order valence-electron chi connectivity index (χ4n) is 3.23. The molecule has 23 heavy (non-hydrogen) atoms. The van der Waals surface area contributed by atoms with Crippen molar-refractivity contribution in [2.75, 3.05) is 13.1 Å². The van der Waals surface area contributed by atoms with Crippen molar-refractivity contribution in [1.29, 1.82) is 0 Å². The molecule has 1 saturated heterocycles. The third kappa shape index (κ3) is 2.84. The van der Waals surface area contributed by atoms with Crippen LogP contribution in [0.2, 0.25) is 0 Å². The monoisotopic (exact) mass is 309 g/mol. The lowest BCUT2D eigenvalue weighted by Gasteiger charge is -2.32.